The van der Waals surface area contributed by atoms with E-state index in [0.717, 1.165) is 0 Å². The van der Waals surface area contributed by atoms with Crippen molar-refractivity contribution in [3.8, 4) is 0 Å². The SMILES string of the molecule is CC(C)CC(CO)NC(=O)c1c[nH]c2ccc([N+](=O)[O-])cc12. The van der Waals surface area contributed by atoms with E-state index >= 15 is 0 Å². The minimum Gasteiger partial charge on any atom is -0.394 e. The number of nitrogens with one attached hydrogen (secondary N) is 2. The molecule has 7 nitrogen and oxygen atoms in total. The minimum atomic E-state index is -0.497. The predicted molar refractivity (Wildman–Crippen MR) is 82.7 cm³/mol. The van der Waals surface area contributed by atoms with Gasteiger partial charge in [-0.25, -0.2) is 0 Å². The number of nitrogens with zero attached hydrogens (tertiary/aromatic N) is 1. The summed E-state index contributed by atoms with van der Waals surface area (Å²) in [4.78, 5) is 25.6. The number of aromatic nitrogens is 1. The zero-order valence-electron chi connectivity index (χ0n) is 12.5. The van der Waals surface area contributed by atoms with E-state index in [0.29, 0.717) is 28.8 Å². The summed E-state index contributed by atoms with van der Waals surface area (Å²) in [6.45, 7) is 3.86. The van der Waals surface area contributed by atoms with Crippen LogP contribution in [0.2, 0.25) is 0 Å². The number of non-ortho nitro benzene ring substituents is 1. The van der Waals surface area contributed by atoms with Gasteiger partial charge in [0.15, 0.2) is 0 Å². The average molecular weight is 305 g/mol. The third-order valence-electron chi connectivity index (χ3n) is 3.43. The minimum absolute atomic E-state index is 0.0676. The van der Waals surface area contributed by atoms with E-state index in [9.17, 15) is 20.0 Å². The highest BCUT2D eigenvalue weighted by Crippen LogP contribution is 2.23. The molecule has 0 radical (unpaired) electrons. The summed E-state index contributed by atoms with van der Waals surface area (Å²) in [5.41, 5.74) is 0.920. The summed E-state index contributed by atoms with van der Waals surface area (Å²) >= 11 is 0. The van der Waals surface area contributed by atoms with Gasteiger partial charge in [0.05, 0.1) is 23.1 Å². The first kappa shape index (κ1) is 16.0. The molecule has 22 heavy (non-hydrogen) atoms. The van der Waals surface area contributed by atoms with Crippen molar-refractivity contribution in [1.29, 1.82) is 0 Å². The van der Waals surface area contributed by atoms with Crippen molar-refractivity contribution in [3.05, 3.63) is 40.1 Å². The number of aliphatic hydroxyl groups is 1. The lowest BCUT2D eigenvalue weighted by molar-refractivity contribution is -0.384. The second kappa shape index (κ2) is 6.57. The van der Waals surface area contributed by atoms with Crippen LogP contribution in [0.1, 0.15) is 30.6 Å². The molecule has 1 unspecified atom stereocenters. The smallest absolute Gasteiger partial charge is 0.270 e. The van der Waals surface area contributed by atoms with Gasteiger partial charge in [0, 0.05) is 29.2 Å². The fourth-order valence-corrected chi connectivity index (χ4v) is 2.42. The summed E-state index contributed by atoms with van der Waals surface area (Å²) in [5.74, 6) is -0.0204. The van der Waals surface area contributed by atoms with Gasteiger partial charge in [-0.1, -0.05) is 13.8 Å². The second-order valence-corrected chi connectivity index (χ2v) is 5.67. The Bertz CT molecular complexity index is 693. The van der Waals surface area contributed by atoms with E-state index in [-0.39, 0.29) is 24.2 Å². The molecule has 7 heteroatoms. The molecule has 0 saturated heterocycles. The second-order valence-electron chi connectivity index (χ2n) is 5.67. The molecule has 0 fully saturated rings. The highest BCUT2D eigenvalue weighted by molar-refractivity contribution is 6.07. The first-order valence-electron chi connectivity index (χ1n) is 7.09. The number of hydrogen-bond donors (Lipinski definition) is 3. The Morgan fingerprint density at radius 2 is 2.18 bits per heavy atom. The third kappa shape index (κ3) is 3.43. The molecule has 0 spiro atoms. The van der Waals surface area contributed by atoms with Crippen molar-refractivity contribution < 1.29 is 14.8 Å². The average Bonchev–Trinajstić information content (AvgIpc) is 2.88. The van der Waals surface area contributed by atoms with Crippen LogP contribution in [0.15, 0.2) is 24.4 Å². The monoisotopic (exact) mass is 305 g/mol. The van der Waals surface area contributed by atoms with E-state index in [2.05, 4.69) is 10.3 Å². The van der Waals surface area contributed by atoms with Crippen molar-refractivity contribution in [3.63, 3.8) is 0 Å². The number of hydrogen-bond acceptors (Lipinski definition) is 4. The molecule has 2 rings (SSSR count). The Morgan fingerprint density at radius 3 is 2.77 bits per heavy atom. The van der Waals surface area contributed by atoms with Gasteiger partial charge in [-0.3, -0.25) is 14.9 Å². The molecule has 2 aromatic rings. The molecular weight excluding hydrogens is 286 g/mol. The molecule has 1 atom stereocenters. The van der Waals surface area contributed by atoms with Gasteiger partial charge in [-0.05, 0) is 18.4 Å². The number of nitro groups is 1. The van der Waals surface area contributed by atoms with Crippen LogP contribution < -0.4 is 5.32 Å². The number of nitro benzene ring substituents is 1. The van der Waals surface area contributed by atoms with Crippen LogP contribution in [0, 0.1) is 16.0 Å². The van der Waals surface area contributed by atoms with Crippen molar-refractivity contribution in [1.82, 2.24) is 10.3 Å². The maximum absolute atomic E-state index is 12.3. The number of carbonyl (C=O) groups excluding carboxylic acids is 1. The Morgan fingerprint density at radius 1 is 1.45 bits per heavy atom. The van der Waals surface area contributed by atoms with E-state index in [1.807, 2.05) is 13.8 Å². The first-order chi connectivity index (χ1) is 10.4. The fourth-order valence-electron chi connectivity index (χ4n) is 2.42. The molecule has 3 N–H and O–H groups in total. The molecule has 0 aliphatic carbocycles. The number of fused-ring (bicyclic) bond motifs is 1. The van der Waals surface area contributed by atoms with E-state index in [1.165, 1.54) is 18.3 Å². The van der Waals surface area contributed by atoms with Crippen molar-refractivity contribution >= 4 is 22.5 Å². The molecular formula is C15H19N3O4. The standard InChI is InChI=1S/C15H19N3O4/c1-9(2)5-10(8-19)17-15(20)13-7-16-14-4-3-11(18(21)22)6-12(13)14/h3-4,6-7,9-10,16,19H,5,8H2,1-2H3,(H,17,20). The number of benzene rings is 1. The summed E-state index contributed by atoms with van der Waals surface area (Å²) in [7, 11) is 0. The molecule has 1 heterocycles. The zero-order chi connectivity index (χ0) is 16.3. The van der Waals surface area contributed by atoms with Crippen LogP contribution in [0.3, 0.4) is 0 Å². The maximum Gasteiger partial charge on any atom is 0.270 e. The van der Waals surface area contributed by atoms with Gasteiger partial charge in [0.2, 0.25) is 0 Å². The van der Waals surface area contributed by atoms with Gasteiger partial charge >= 0.3 is 0 Å². The number of carbonyl (C=O) groups is 1. The number of H-pyrrole nitrogens is 1. The van der Waals surface area contributed by atoms with E-state index in [1.54, 1.807) is 6.07 Å². The van der Waals surface area contributed by atoms with Crippen LogP contribution in [0.5, 0.6) is 0 Å². The van der Waals surface area contributed by atoms with E-state index < -0.39 is 4.92 Å². The molecule has 118 valence electrons. The van der Waals surface area contributed by atoms with Crippen LogP contribution in [0.25, 0.3) is 10.9 Å². The van der Waals surface area contributed by atoms with Crippen LogP contribution in [0.4, 0.5) is 5.69 Å². The molecule has 1 aromatic heterocycles. The number of amides is 1. The third-order valence-corrected chi connectivity index (χ3v) is 3.43. The predicted octanol–water partition coefficient (Wildman–Crippen LogP) is 2.21. The van der Waals surface area contributed by atoms with Gasteiger partial charge in [-0.15, -0.1) is 0 Å². The quantitative estimate of drug-likeness (QED) is 0.561. The fraction of sp³-hybridized carbons (Fsp3) is 0.400. The molecule has 0 saturated carbocycles. The lowest BCUT2D eigenvalue weighted by Gasteiger charge is -2.18. The highest BCUT2D eigenvalue weighted by Gasteiger charge is 2.18. The molecule has 0 bridgehead atoms. The summed E-state index contributed by atoms with van der Waals surface area (Å²) < 4.78 is 0. The van der Waals surface area contributed by atoms with Crippen LogP contribution >= 0.6 is 0 Å². The maximum atomic E-state index is 12.3. The van der Waals surface area contributed by atoms with Crippen molar-refractivity contribution in [2.45, 2.75) is 26.3 Å². The number of rotatable bonds is 6. The van der Waals surface area contributed by atoms with Crippen molar-refractivity contribution in [2.75, 3.05) is 6.61 Å². The van der Waals surface area contributed by atoms with Gasteiger partial charge in [0.1, 0.15) is 0 Å². The number of aromatic amines is 1. The molecule has 1 aromatic carbocycles. The molecule has 1 amide bonds. The van der Waals surface area contributed by atoms with Crippen molar-refractivity contribution in [2.24, 2.45) is 5.92 Å². The summed E-state index contributed by atoms with van der Waals surface area (Å²) in [6.07, 6.45) is 2.18. The summed E-state index contributed by atoms with van der Waals surface area (Å²) in [6, 6.07) is 3.99. The largest absolute Gasteiger partial charge is 0.394 e. The van der Waals surface area contributed by atoms with E-state index in [4.69, 9.17) is 0 Å². The van der Waals surface area contributed by atoms with Crippen LogP contribution in [-0.4, -0.2) is 33.6 Å². The Labute approximate surface area is 127 Å². The van der Waals surface area contributed by atoms with Gasteiger partial charge < -0.3 is 15.4 Å². The lowest BCUT2D eigenvalue weighted by atomic mass is 10.0. The molecule has 0 aliphatic rings. The van der Waals surface area contributed by atoms with Gasteiger partial charge in [-0.2, -0.15) is 0 Å². The Balaban J connectivity index is 2.27. The zero-order valence-corrected chi connectivity index (χ0v) is 12.5. The highest BCUT2D eigenvalue weighted by atomic mass is 16.6. The normalized spacial score (nSPS) is 12.5. The summed E-state index contributed by atoms with van der Waals surface area (Å²) in [5, 5.41) is 23.5. The van der Waals surface area contributed by atoms with Crippen LogP contribution in [-0.2, 0) is 0 Å². The topological polar surface area (TPSA) is 108 Å². The molecule has 0 aliphatic heterocycles. The Kier molecular flexibility index (Phi) is 4.77. The Hall–Kier alpha value is -2.41. The lowest BCUT2D eigenvalue weighted by Crippen LogP contribution is -2.38. The number of aliphatic hydroxyl groups excluding tert-OH is 1. The first-order valence-corrected chi connectivity index (χ1v) is 7.09. The van der Waals surface area contributed by atoms with Gasteiger partial charge in [0.25, 0.3) is 11.6 Å².